The van der Waals surface area contributed by atoms with E-state index >= 15 is 0 Å². The number of nitrogens with one attached hydrogen (secondary N) is 1. The molecule has 1 spiro atoms. The molecule has 1 aliphatic carbocycles. The average Bonchev–Trinajstić information content (AvgIpc) is 2.60. The van der Waals surface area contributed by atoms with Gasteiger partial charge in [-0.2, -0.15) is 0 Å². The SMILES string of the molecule is C1CC(CN2CCCC3(CCNC3)C2)C1. The molecule has 15 heavy (non-hydrogen) atoms. The molecule has 0 bridgehead atoms. The van der Waals surface area contributed by atoms with Crippen molar-refractivity contribution in [3.05, 3.63) is 0 Å². The smallest absolute Gasteiger partial charge is 0.00507 e. The summed E-state index contributed by atoms with van der Waals surface area (Å²) in [5.41, 5.74) is 0.669. The first-order chi connectivity index (χ1) is 7.36. The predicted molar refractivity (Wildman–Crippen MR) is 62.9 cm³/mol. The highest BCUT2D eigenvalue weighted by atomic mass is 15.2. The van der Waals surface area contributed by atoms with Gasteiger partial charge >= 0.3 is 0 Å². The first-order valence-electron chi connectivity index (χ1n) is 6.79. The normalized spacial score (nSPS) is 38.4. The molecule has 2 saturated heterocycles. The van der Waals surface area contributed by atoms with Crippen molar-refractivity contribution in [2.24, 2.45) is 11.3 Å². The predicted octanol–water partition coefficient (Wildman–Crippen LogP) is 1.86. The van der Waals surface area contributed by atoms with E-state index in [9.17, 15) is 0 Å². The maximum atomic E-state index is 3.56. The first-order valence-corrected chi connectivity index (χ1v) is 6.79. The number of piperidine rings is 1. The zero-order valence-corrected chi connectivity index (χ0v) is 9.80. The maximum Gasteiger partial charge on any atom is 0.00507 e. The van der Waals surface area contributed by atoms with E-state index in [0.717, 1.165) is 5.92 Å². The van der Waals surface area contributed by atoms with Gasteiger partial charge in [-0.3, -0.25) is 0 Å². The van der Waals surface area contributed by atoms with E-state index < -0.39 is 0 Å². The molecule has 1 saturated carbocycles. The third-order valence-electron chi connectivity index (χ3n) is 4.81. The summed E-state index contributed by atoms with van der Waals surface area (Å²) < 4.78 is 0. The lowest BCUT2D eigenvalue weighted by atomic mass is 9.78. The van der Waals surface area contributed by atoms with Crippen LogP contribution in [0.3, 0.4) is 0 Å². The number of likely N-dealkylation sites (tertiary alicyclic amines) is 1. The van der Waals surface area contributed by atoms with Gasteiger partial charge in [0.05, 0.1) is 0 Å². The zero-order chi connectivity index (χ0) is 10.1. The Bertz CT molecular complexity index is 217. The van der Waals surface area contributed by atoms with E-state index in [-0.39, 0.29) is 0 Å². The van der Waals surface area contributed by atoms with Crippen molar-refractivity contribution >= 4 is 0 Å². The van der Waals surface area contributed by atoms with Crippen LogP contribution in [-0.2, 0) is 0 Å². The number of rotatable bonds is 2. The van der Waals surface area contributed by atoms with E-state index in [0.29, 0.717) is 5.41 Å². The molecule has 1 N–H and O–H groups in total. The molecule has 2 aliphatic heterocycles. The van der Waals surface area contributed by atoms with Crippen LogP contribution in [0, 0.1) is 11.3 Å². The summed E-state index contributed by atoms with van der Waals surface area (Å²) in [6.07, 6.45) is 8.83. The summed E-state index contributed by atoms with van der Waals surface area (Å²) in [4.78, 5) is 2.76. The van der Waals surface area contributed by atoms with Crippen molar-refractivity contribution in [1.29, 1.82) is 0 Å². The Morgan fingerprint density at radius 2 is 2.13 bits per heavy atom. The van der Waals surface area contributed by atoms with E-state index in [1.54, 1.807) is 0 Å². The summed E-state index contributed by atoms with van der Waals surface area (Å²) in [5.74, 6) is 1.05. The second kappa shape index (κ2) is 4.06. The lowest BCUT2D eigenvalue weighted by molar-refractivity contribution is 0.0749. The van der Waals surface area contributed by atoms with Gasteiger partial charge in [-0.15, -0.1) is 0 Å². The number of nitrogens with zero attached hydrogens (tertiary/aromatic N) is 1. The van der Waals surface area contributed by atoms with Crippen LogP contribution in [0.15, 0.2) is 0 Å². The van der Waals surface area contributed by atoms with Crippen molar-refractivity contribution in [1.82, 2.24) is 10.2 Å². The Kier molecular flexibility index (Phi) is 2.73. The Balaban J connectivity index is 1.55. The molecule has 0 radical (unpaired) electrons. The van der Waals surface area contributed by atoms with Crippen LogP contribution in [0.4, 0.5) is 0 Å². The molecule has 1 unspecified atom stereocenters. The Morgan fingerprint density at radius 3 is 2.80 bits per heavy atom. The van der Waals surface area contributed by atoms with Crippen molar-refractivity contribution in [2.75, 3.05) is 32.7 Å². The van der Waals surface area contributed by atoms with Gasteiger partial charge in [-0.1, -0.05) is 6.42 Å². The molecule has 0 aromatic heterocycles. The Hall–Kier alpha value is -0.0800. The Labute approximate surface area is 93.4 Å². The molecule has 0 amide bonds. The molecule has 2 heterocycles. The minimum Gasteiger partial charge on any atom is -0.316 e. The van der Waals surface area contributed by atoms with Crippen LogP contribution in [0.25, 0.3) is 0 Å². The third kappa shape index (κ3) is 2.07. The van der Waals surface area contributed by atoms with Gasteiger partial charge in [0.15, 0.2) is 0 Å². The quantitative estimate of drug-likeness (QED) is 0.745. The van der Waals surface area contributed by atoms with Gasteiger partial charge in [-0.25, -0.2) is 0 Å². The third-order valence-corrected chi connectivity index (χ3v) is 4.81. The summed E-state index contributed by atoms with van der Waals surface area (Å²) in [7, 11) is 0. The van der Waals surface area contributed by atoms with Crippen LogP contribution in [-0.4, -0.2) is 37.6 Å². The van der Waals surface area contributed by atoms with E-state index in [1.165, 1.54) is 71.2 Å². The number of hydrogen-bond donors (Lipinski definition) is 1. The minimum absolute atomic E-state index is 0.669. The van der Waals surface area contributed by atoms with Crippen LogP contribution < -0.4 is 5.32 Å². The maximum absolute atomic E-state index is 3.56. The second-order valence-corrected chi connectivity index (χ2v) is 6.06. The first kappa shape index (κ1) is 10.1. The van der Waals surface area contributed by atoms with Gasteiger partial charge in [0.2, 0.25) is 0 Å². The molecule has 2 nitrogen and oxygen atoms in total. The fraction of sp³-hybridized carbons (Fsp3) is 1.00. The van der Waals surface area contributed by atoms with Crippen LogP contribution >= 0.6 is 0 Å². The van der Waals surface area contributed by atoms with Crippen LogP contribution in [0.2, 0.25) is 0 Å². The standard InChI is InChI=1S/C13H24N2/c1-3-12(4-1)9-15-8-2-5-13(11-15)6-7-14-10-13/h12,14H,1-11H2. The molecule has 1 atom stereocenters. The summed E-state index contributed by atoms with van der Waals surface area (Å²) >= 11 is 0. The fourth-order valence-electron chi connectivity index (χ4n) is 3.65. The largest absolute Gasteiger partial charge is 0.316 e. The molecule has 0 aromatic rings. The van der Waals surface area contributed by atoms with Crippen molar-refractivity contribution < 1.29 is 0 Å². The molecule has 86 valence electrons. The van der Waals surface area contributed by atoms with Gasteiger partial charge in [0.25, 0.3) is 0 Å². The van der Waals surface area contributed by atoms with Crippen molar-refractivity contribution in [2.45, 2.75) is 38.5 Å². The molecule has 0 aromatic carbocycles. The lowest BCUT2D eigenvalue weighted by Crippen LogP contribution is -2.46. The highest BCUT2D eigenvalue weighted by Crippen LogP contribution is 2.37. The molecule has 2 heteroatoms. The Morgan fingerprint density at radius 1 is 1.20 bits per heavy atom. The van der Waals surface area contributed by atoms with Gasteiger partial charge < -0.3 is 10.2 Å². The zero-order valence-electron chi connectivity index (χ0n) is 9.80. The monoisotopic (exact) mass is 208 g/mol. The van der Waals surface area contributed by atoms with Crippen molar-refractivity contribution in [3.8, 4) is 0 Å². The van der Waals surface area contributed by atoms with E-state index in [1.807, 2.05) is 0 Å². The van der Waals surface area contributed by atoms with Gasteiger partial charge in [-0.05, 0) is 56.5 Å². The van der Waals surface area contributed by atoms with Crippen LogP contribution in [0.5, 0.6) is 0 Å². The molecular formula is C13H24N2. The van der Waals surface area contributed by atoms with Gasteiger partial charge in [0.1, 0.15) is 0 Å². The highest BCUT2D eigenvalue weighted by Gasteiger charge is 2.38. The fourth-order valence-corrected chi connectivity index (χ4v) is 3.65. The number of hydrogen-bond acceptors (Lipinski definition) is 2. The molecule has 3 aliphatic rings. The van der Waals surface area contributed by atoms with Crippen LogP contribution in [0.1, 0.15) is 38.5 Å². The van der Waals surface area contributed by atoms with E-state index in [4.69, 9.17) is 0 Å². The molecular weight excluding hydrogens is 184 g/mol. The molecule has 3 rings (SSSR count). The summed E-state index contributed by atoms with van der Waals surface area (Å²) in [6.45, 7) is 6.71. The molecule has 3 fully saturated rings. The summed E-state index contributed by atoms with van der Waals surface area (Å²) in [6, 6.07) is 0. The van der Waals surface area contributed by atoms with Crippen molar-refractivity contribution in [3.63, 3.8) is 0 Å². The van der Waals surface area contributed by atoms with Gasteiger partial charge in [0, 0.05) is 19.6 Å². The second-order valence-electron chi connectivity index (χ2n) is 6.06. The van der Waals surface area contributed by atoms with E-state index in [2.05, 4.69) is 10.2 Å². The topological polar surface area (TPSA) is 15.3 Å². The average molecular weight is 208 g/mol. The highest BCUT2D eigenvalue weighted by molar-refractivity contribution is 4.93. The summed E-state index contributed by atoms with van der Waals surface area (Å²) in [5, 5.41) is 3.56. The lowest BCUT2D eigenvalue weighted by Gasteiger charge is -2.42. The minimum atomic E-state index is 0.669.